The van der Waals surface area contributed by atoms with Gasteiger partial charge in [0.2, 0.25) is 0 Å². The molecule has 1 N–H and O–H groups in total. The summed E-state index contributed by atoms with van der Waals surface area (Å²) in [6.07, 6.45) is 0. The van der Waals surface area contributed by atoms with Crippen molar-refractivity contribution in [2.45, 2.75) is 13.8 Å². The molecule has 1 aliphatic rings. The summed E-state index contributed by atoms with van der Waals surface area (Å²) in [5, 5.41) is 4.18. The average Bonchev–Trinajstić information content (AvgIpc) is 2.40. The fourth-order valence-corrected chi connectivity index (χ4v) is 2.40. The summed E-state index contributed by atoms with van der Waals surface area (Å²) in [4.78, 5) is 2.51. The smallest absolute Gasteiger partial charge is 0.0406 e. The molecule has 0 saturated carbocycles. The normalized spacial score (nSPS) is 18.6. The topological polar surface area (TPSA) is 15.3 Å². The van der Waals surface area contributed by atoms with Gasteiger partial charge in [0, 0.05) is 37.7 Å². The van der Waals surface area contributed by atoms with Crippen molar-refractivity contribution in [3.63, 3.8) is 0 Å². The molecule has 0 aromatic heterocycles. The van der Waals surface area contributed by atoms with Gasteiger partial charge in [-0.25, -0.2) is 0 Å². The van der Waals surface area contributed by atoms with Crippen LogP contribution in [0.4, 0.5) is 0 Å². The van der Waals surface area contributed by atoms with Crippen molar-refractivity contribution in [2.75, 3.05) is 32.7 Å². The molecule has 18 heavy (non-hydrogen) atoms. The number of nitrogens with zero attached hydrogens (tertiary/aromatic N) is 1. The molecule has 1 saturated heterocycles. The first-order valence-corrected chi connectivity index (χ1v) is 6.90. The monoisotopic (exact) mass is 264 g/mol. The molecule has 0 atom stereocenters. The van der Waals surface area contributed by atoms with Gasteiger partial charge in [-0.15, -0.1) is 0 Å². The summed E-state index contributed by atoms with van der Waals surface area (Å²) in [6.45, 7) is 9.99. The number of halogens is 1. The zero-order chi connectivity index (χ0) is 13.0. The Kier molecular flexibility index (Phi) is 4.81. The fraction of sp³-hybridized carbons (Fsp3) is 0.467. The molecule has 98 valence electrons. The largest absolute Gasteiger partial charge is 0.314 e. The van der Waals surface area contributed by atoms with Crippen LogP contribution in [0.5, 0.6) is 0 Å². The number of rotatable bonds is 3. The number of benzene rings is 1. The van der Waals surface area contributed by atoms with E-state index in [-0.39, 0.29) is 0 Å². The average molecular weight is 265 g/mol. The van der Waals surface area contributed by atoms with Crippen molar-refractivity contribution in [3.05, 3.63) is 40.4 Å². The van der Waals surface area contributed by atoms with Gasteiger partial charge >= 0.3 is 0 Å². The van der Waals surface area contributed by atoms with E-state index >= 15 is 0 Å². The number of hydrogen-bond acceptors (Lipinski definition) is 2. The maximum Gasteiger partial charge on any atom is 0.0406 e. The highest BCUT2D eigenvalue weighted by molar-refractivity contribution is 6.30. The lowest BCUT2D eigenvalue weighted by atomic mass is 10.0. The highest BCUT2D eigenvalue weighted by Crippen LogP contribution is 2.20. The van der Waals surface area contributed by atoms with Crippen LogP contribution in [0.25, 0.3) is 5.57 Å². The third kappa shape index (κ3) is 3.58. The van der Waals surface area contributed by atoms with E-state index in [0.717, 1.165) is 37.7 Å². The lowest BCUT2D eigenvalue weighted by Gasteiger charge is -2.28. The summed E-state index contributed by atoms with van der Waals surface area (Å²) >= 11 is 5.92. The van der Waals surface area contributed by atoms with Gasteiger partial charge in [0.05, 0.1) is 0 Å². The van der Waals surface area contributed by atoms with Crippen molar-refractivity contribution in [1.29, 1.82) is 0 Å². The van der Waals surface area contributed by atoms with Gasteiger partial charge in [0.1, 0.15) is 0 Å². The molecule has 0 bridgehead atoms. The lowest BCUT2D eigenvalue weighted by molar-refractivity contribution is 0.260. The molecule has 1 aromatic carbocycles. The summed E-state index contributed by atoms with van der Waals surface area (Å²) in [6, 6.07) is 8.11. The molecule has 1 heterocycles. The van der Waals surface area contributed by atoms with E-state index in [1.165, 1.54) is 16.7 Å². The summed E-state index contributed by atoms with van der Waals surface area (Å²) in [5.41, 5.74) is 4.08. The molecule has 0 aliphatic carbocycles. The summed E-state index contributed by atoms with van der Waals surface area (Å²) < 4.78 is 0. The van der Waals surface area contributed by atoms with E-state index in [4.69, 9.17) is 11.6 Å². The summed E-state index contributed by atoms with van der Waals surface area (Å²) in [5.74, 6) is 0. The highest BCUT2D eigenvalue weighted by atomic mass is 35.5. The van der Waals surface area contributed by atoms with E-state index in [1.54, 1.807) is 0 Å². The maximum atomic E-state index is 5.92. The first kappa shape index (κ1) is 13.6. The number of nitrogens with one attached hydrogen (secondary N) is 1. The third-order valence-electron chi connectivity index (χ3n) is 3.59. The zero-order valence-corrected chi connectivity index (χ0v) is 11.9. The van der Waals surface area contributed by atoms with E-state index in [1.807, 2.05) is 12.1 Å². The van der Waals surface area contributed by atoms with Crippen LogP contribution in [0.3, 0.4) is 0 Å². The van der Waals surface area contributed by atoms with Crippen LogP contribution in [0.2, 0.25) is 5.02 Å². The molecule has 0 unspecified atom stereocenters. The zero-order valence-electron chi connectivity index (χ0n) is 11.2. The van der Waals surface area contributed by atoms with Crippen molar-refractivity contribution in [2.24, 2.45) is 0 Å². The van der Waals surface area contributed by atoms with Crippen LogP contribution in [0.15, 0.2) is 29.8 Å². The summed E-state index contributed by atoms with van der Waals surface area (Å²) in [7, 11) is 0. The molecule has 0 amide bonds. The van der Waals surface area contributed by atoms with Gasteiger partial charge in [-0.05, 0) is 37.1 Å². The molecular formula is C15H21ClN2. The second-order valence-electron chi connectivity index (χ2n) is 4.94. The Morgan fingerprint density at radius 3 is 2.39 bits per heavy atom. The Bertz CT molecular complexity index is 417. The van der Waals surface area contributed by atoms with E-state index in [2.05, 4.69) is 36.2 Å². The quantitative estimate of drug-likeness (QED) is 0.903. The number of piperazine rings is 1. The predicted octanol–water partition coefficient (Wildman–Crippen LogP) is 3.04. The SMILES string of the molecule is C/C(CN1CCNCC1)=C(\C)c1ccc(Cl)cc1. The van der Waals surface area contributed by atoms with Crippen molar-refractivity contribution in [3.8, 4) is 0 Å². The molecule has 1 aromatic rings. The third-order valence-corrected chi connectivity index (χ3v) is 3.84. The van der Waals surface area contributed by atoms with E-state index < -0.39 is 0 Å². The Morgan fingerprint density at radius 2 is 1.78 bits per heavy atom. The van der Waals surface area contributed by atoms with Gasteiger partial charge in [-0.3, -0.25) is 4.90 Å². The minimum Gasteiger partial charge on any atom is -0.314 e. The predicted molar refractivity (Wildman–Crippen MR) is 79.0 cm³/mol. The van der Waals surface area contributed by atoms with Crippen molar-refractivity contribution < 1.29 is 0 Å². The fourth-order valence-electron chi connectivity index (χ4n) is 2.27. The van der Waals surface area contributed by atoms with Gasteiger partial charge in [0.15, 0.2) is 0 Å². The Morgan fingerprint density at radius 1 is 1.17 bits per heavy atom. The van der Waals surface area contributed by atoms with Gasteiger partial charge in [-0.1, -0.05) is 29.3 Å². The maximum absolute atomic E-state index is 5.92. The number of hydrogen-bond donors (Lipinski definition) is 1. The van der Waals surface area contributed by atoms with Gasteiger partial charge in [0.25, 0.3) is 0 Å². The minimum absolute atomic E-state index is 0.798. The van der Waals surface area contributed by atoms with E-state index in [0.29, 0.717) is 0 Å². The van der Waals surface area contributed by atoms with E-state index in [9.17, 15) is 0 Å². The first-order chi connectivity index (χ1) is 8.66. The van der Waals surface area contributed by atoms with Crippen molar-refractivity contribution in [1.82, 2.24) is 10.2 Å². The molecule has 2 rings (SSSR count). The molecular weight excluding hydrogens is 244 g/mol. The lowest BCUT2D eigenvalue weighted by Crippen LogP contribution is -2.44. The molecule has 1 aliphatic heterocycles. The van der Waals surface area contributed by atoms with Crippen LogP contribution in [0, 0.1) is 0 Å². The van der Waals surface area contributed by atoms with Gasteiger partial charge < -0.3 is 5.32 Å². The first-order valence-electron chi connectivity index (χ1n) is 6.52. The Labute approximate surface area is 115 Å². The van der Waals surface area contributed by atoms with Crippen LogP contribution >= 0.6 is 11.6 Å². The minimum atomic E-state index is 0.798. The molecule has 0 spiro atoms. The van der Waals surface area contributed by atoms with Crippen LogP contribution in [-0.2, 0) is 0 Å². The second kappa shape index (κ2) is 6.37. The Hall–Kier alpha value is -0.830. The van der Waals surface area contributed by atoms with Gasteiger partial charge in [-0.2, -0.15) is 0 Å². The standard InChI is InChI=1S/C15H21ClN2/c1-12(11-18-9-7-17-8-10-18)13(2)14-3-5-15(16)6-4-14/h3-6,17H,7-11H2,1-2H3/b13-12-. The van der Waals surface area contributed by atoms with Crippen LogP contribution < -0.4 is 5.32 Å². The molecule has 0 radical (unpaired) electrons. The molecule has 1 fully saturated rings. The van der Waals surface area contributed by atoms with Crippen LogP contribution in [-0.4, -0.2) is 37.6 Å². The Balaban J connectivity index is 2.06. The number of allylic oxidation sites excluding steroid dienone is 1. The second-order valence-corrected chi connectivity index (χ2v) is 5.37. The van der Waals surface area contributed by atoms with Crippen LogP contribution in [0.1, 0.15) is 19.4 Å². The van der Waals surface area contributed by atoms with Crippen molar-refractivity contribution >= 4 is 17.2 Å². The molecule has 2 nitrogen and oxygen atoms in total. The molecule has 3 heteroatoms. The highest BCUT2D eigenvalue weighted by Gasteiger charge is 2.11.